The lowest BCUT2D eigenvalue weighted by Crippen LogP contribution is -2.48. The van der Waals surface area contributed by atoms with Gasteiger partial charge in [-0.1, -0.05) is 0 Å². The summed E-state index contributed by atoms with van der Waals surface area (Å²) in [6.07, 6.45) is 1.61. The summed E-state index contributed by atoms with van der Waals surface area (Å²) in [6, 6.07) is 5.73. The van der Waals surface area contributed by atoms with Gasteiger partial charge in [-0.25, -0.2) is 0 Å². The van der Waals surface area contributed by atoms with E-state index in [4.69, 9.17) is 0 Å². The summed E-state index contributed by atoms with van der Waals surface area (Å²) in [7, 11) is 1.86. The van der Waals surface area contributed by atoms with Crippen molar-refractivity contribution >= 4 is 11.6 Å². The van der Waals surface area contributed by atoms with Gasteiger partial charge in [0.25, 0.3) is 5.91 Å². The third kappa shape index (κ3) is 3.07. The number of benzene rings is 1. The lowest BCUT2D eigenvalue weighted by Gasteiger charge is -2.37. The maximum atomic E-state index is 12.5. The Balaban J connectivity index is 2.20. The predicted molar refractivity (Wildman–Crippen MR) is 76.5 cm³/mol. The summed E-state index contributed by atoms with van der Waals surface area (Å²) in [6.45, 7) is 4.88. The van der Waals surface area contributed by atoms with Crippen molar-refractivity contribution in [2.75, 3.05) is 25.5 Å². The number of aryl methyl sites for hydroxylation is 1. The monoisotopic (exact) mass is 262 g/mol. The van der Waals surface area contributed by atoms with E-state index in [9.17, 15) is 9.90 Å². The van der Waals surface area contributed by atoms with Gasteiger partial charge in [-0.15, -0.1) is 0 Å². The number of β-amino-alcohol motifs (C(OH)–C–C–N with tert-alkyl or cyclic N) is 1. The number of nitrogens with zero attached hydrogens (tertiary/aromatic N) is 1. The molecular weight excluding hydrogens is 240 g/mol. The molecule has 19 heavy (non-hydrogen) atoms. The van der Waals surface area contributed by atoms with Crippen LogP contribution in [-0.2, 0) is 0 Å². The van der Waals surface area contributed by atoms with Crippen LogP contribution in [0.3, 0.4) is 0 Å². The fourth-order valence-electron chi connectivity index (χ4n) is 2.62. The first-order valence-corrected chi connectivity index (χ1v) is 6.73. The predicted octanol–water partition coefficient (Wildman–Crippen LogP) is 2.02. The van der Waals surface area contributed by atoms with Crippen molar-refractivity contribution in [2.45, 2.75) is 32.3 Å². The average molecular weight is 262 g/mol. The number of carbonyl (C=O) groups excluding carboxylic acids is 1. The van der Waals surface area contributed by atoms with Crippen molar-refractivity contribution in [1.82, 2.24) is 4.90 Å². The largest absolute Gasteiger partial charge is 0.388 e. The fourth-order valence-corrected chi connectivity index (χ4v) is 2.62. The zero-order chi connectivity index (χ0) is 14.0. The molecule has 0 aliphatic carbocycles. The number of carbonyl (C=O) groups is 1. The Bertz CT molecular complexity index is 483. The van der Waals surface area contributed by atoms with Gasteiger partial charge < -0.3 is 15.3 Å². The SMILES string of the molecule is CNc1ccc(C(=O)N2CCCC(C)(O)C2)c(C)c1. The third-order valence-electron chi connectivity index (χ3n) is 3.71. The van der Waals surface area contributed by atoms with Crippen molar-refractivity contribution in [3.05, 3.63) is 29.3 Å². The van der Waals surface area contributed by atoms with Gasteiger partial charge in [0.05, 0.1) is 5.60 Å². The van der Waals surface area contributed by atoms with E-state index in [-0.39, 0.29) is 5.91 Å². The Hall–Kier alpha value is -1.55. The fraction of sp³-hybridized carbons (Fsp3) is 0.533. The lowest BCUT2D eigenvalue weighted by molar-refractivity contribution is -0.0107. The highest BCUT2D eigenvalue weighted by Crippen LogP contribution is 2.23. The van der Waals surface area contributed by atoms with Gasteiger partial charge >= 0.3 is 0 Å². The molecule has 0 saturated carbocycles. The smallest absolute Gasteiger partial charge is 0.254 e. The Labute approximate surface area is 114 Å². The Morgan fingerprint density at radius 2 is 2.21 bits per heavy atom. The molecule has 0 spiro atoms. The molecule has 1 fully saturated rings. The second-order valence-corrected chi connectivity index (χ2v) is 5.61. The van der Waals surface area contributed by atoms with Crippen LogP contribution in [0.5, 0.6) is 0 Å². The van der Waals surface area contributed by atoms with Crippen molar-refractivity contribution in [2.24, 2.45) is 0 Å². The molecule has 0 radical (unpaired) electrons. The van der Waals surface area contributed by atoms with Crippen LogP contribution in [-0.4, -0.2) is 41.7 Å². The van der Waals surface area contributed by atoms with Crippen LogP contribution in [0.15, 0.2) is 18.2 Å². The molecule has 1 aliphatic heterocycles. The maximum Gasteiger partial charge on any atom is 0.254 e. The van der Waals surface area contributed by atoms with Gasteiger partial charge in [-0.05, 0) is 50.5 Å². The minimum absolute atomic E-state index is 0.0140. The van der Waals surface area contributed by atoms with Gasteiger partial charge in [0.1, 0.15) is 0 Å². The molecule has 1 amide bonds. The molecule has 0 bridgehead atoms. The van der Waals surface area contributed by atoms with E-state index in [1.165, 1.54) is 0 Å². The molecule has 2 rings (SSSR count). The van der Waals surface area contributed by atoms with Gasteiger partial charge in [-0.3, -0.25) is 4.79 Å². The molecule has 1 atom stereocenters. The minimum Gasteiger partial charge on any atom is -0.388 e. The molecule has 2 N–H and O–H groups in total. The van der Waals surface area contributed by atoms with E-state index in [0.29, 0.717) is 6.54 Å². The van der Waals surface area contributed by atoms with E-state index in [0.717, 1.165) is 36.2 Å². The van der Waals surface area contributed by atoms with Crippen LogP contribution in [0.1, 0.15) is 35.7 Å². The third-order valence-corrected chi connectivity index (χ3v) is 3.71. The Morgan fingerprint density at radius 1 is 1.47 bits per heavy atom. The molecule has 1 unspecified atom stereocenters. The normalized spacial score (nSPS) is 23.3. The molecule has 1 heterocycles. The van der Waals surface area contributed by atoms with Gasteiger partial charge in [0.2, 0.25) is 0 Å². The number of rotatable bonds is 2. The lowest BCUT2D eigenvalue weighted by atomic mass is 9.94. The molecule has 4 heteroatoms. The van der Waals surface area contributed by atoms with Crippen LogP contribution >= 0.6 is 0 Å². The first kappa shape index (κ1) is 13.9. The highest BCUT2D eigenvalue weighted by Gasteiger charge is 2.31. The van der Waals surface area contributed by atoms with Crippen molar-refractivity contribution < 1.29 is 9.90 Å². The van der Waals surface area contributed by atoms with Crippen LogP contribution in [0.2, 0.25) is 0 Å². The standard InChI is InChI=1S/C15H22N2O2/c1-11-9-12(16-3)5-6-13(11)14(18)17-8-4-7-15(2,19)10-17/h5-6,9,16,19H,4,7-8,10H2,1-3H3. The molecule has 1 saturated heterocycles. The molecule has 1 aromatic rings. The average Bonchev–Trinajstić information content (AvgIpc) is 2.36. The van der Waals surface area contributed by atoms with Crippen LogP contribution < -0.4 is 5.32 Å². The molecule has 104 valence electrons. The molecular formula is C15H22N2O2. The molecule has 1 aliphatic rings. The first-order chi connectivity index (χ1) is 8.93. The van der Waals surface area contributed by atoms with E-state index in [1.54, 1.807) is 11.8 Å². The number of anilines is 1. The Morgan fingerprint density at radius 3 is 2.79 bits per heavy atom. The quantitative estimate of drug-likeness (QED) is 0.857. The van der Waals surface area contributed by atoms with E-state index in [1.807, 2.05) is 32.2 Å². The van der Waals surface area contributed by atoms with E-state index in [2.05, 4.69) is 5.32 Å². The van der Waals surface area contributed by atoms with Gasteiger partial charge in [-0.2, -0.15) is 0 Å². The first-order valence-electron chi connectivity index (χ1n) is 6.73. The number of amides is 1. The van der Waals surface area contributed by atoms with E-state index >= 15 is 0 Å². The number of hydrogen-bond donors (Lipinski definition) is 2. The molecule has 0 aromatic heterocycles. The van der Waals surface area contributed by atoms with Crippen molar-refractivity contribution in [3.8, 4) is 0 Å². The Kier molecular flexibility index (Phi) is 3.80. The highest BCUT2D eigenvalue weighted by molar-refractivity contribution is 5.96. The summed E-state index contributed by atoms with van der Waals surface area (Å²) < 4.78 is 0. The second-order valence-electron chi connectivity index (χ2n) is 5.61. The zero-order valence-corrected chi connectivity index (χ0v) is 11.9. The topological polar surface area (TPSA) is 52.6 Å². The number of aliphatic hydroxyl groups is 1. The molecule has 4 nitrogen and oxygen atoms in total. The van der Waals surface area contributed by atoms with Crippen LogP contribution in [0.4, 0.5) is 5.69 Å². The molecule has 1 aromatic carbocycles. The number of piperidine rings is 1. The number of likely N-dealkylation sites (tertiary alicyclic amines) is 1. The summed E-state index contributed by atoms with van der Waals surface area (Å²) in [5.74, 6) is 0.0140. The maximum absolute atomic E-state index is 12.5. The summed E-state index contributed by atoms with van der Waals surface area (Å²) in [4.78, 5) is 14.3. The van der Waals surface area contributed by atoms with Gasteiger partial charge in [0, 0.05) is 31.4 Å². The number of nitrogens with one attached hydrogen (secondary N) is 1. The van der Waals surface area contributed by atoms with Crippen molar-refractivity contribution in [1.29, 1.82) is 0 Å². The van der Waals surface area contributed by atoms with Crippen molar-refractivity contribution in [3.63, 3.8) is 0 Å². The van der Waals surface area contributed by atoms with Crippen LogP contribution in [0.25, 0.3) is 0 Å². The van der Waals surface area contributed by atoms with Crippen LogP contribution in [0, 0.1) is 6.92 Å². The van der Waals surface area contributed by atoms with Gasteiger partial charge in [0.15, 0.2) is 0 Å². The highest BCUT2D eigenvalue weighted by atomic mass is 16.3. The summed E-state index contributed by atoms with van der Waals surface area (Å²) in [5, 5.41) is 13.1. The summed E-state index contributed by atoms with van der Waals surface area (Å²) in [5.41, 5.74) is 1.92. The summed E-state index contributed by atoms with van der Waals surface area (Å²) >= 11 is 0. The second kappa shape index (κ2) is 5.21. The minimum atomic E-state index is -0.757. The number of hydrogen-bond acceptors (Lipinski definition) is 3. The zero-order valence-electron chi connectivity index (χ0n) is 11.9. The van der Waals surface area contributed by atoms with E-state index < -0.39 is 5.60 Å².